The quantitative estimate of drug-likeness (QED) is 0.163. The van der Waals surface area contributed by atoms with E-state index in [9.17, 15) is 27.9 Å². The third-order valence-electron chi connectivity index (χ3n) is 7.18. The van der Waals surface area contributed by atoms with Gasteiger partial charge in [0, 0.05) is 17.2 Å². The van der Waals surface area contributed by atoms with Crippen molar-refractivity contribution in [2.24, 2.45) is 0 Å². The summed E-state index contributed by atoms with van der Waals surface area (Å²) in [7, 11) is 1.51. The second kappa shape index (κ2) is 12.0. The molecule has 5 rings (SSSR count). The van der Waals surface area contributed by atoms with Crippen molar-refractivity contribution in [2.75, 3.05) is 7.11 Å². The first-order valence-electron chi connectivity index (χ1n) is 13.6. The van der Waals surface area contributed by atoms with Crippen LogP contribution >= 0.6 is 0 Å². The van der Waals surface area contributed by atoms with E-state index in [4.69, 9.17) is 4.74 Å². The number of methoxy groups -OCH3 is 1. The van der Waals surface area contributed by atoms with Crippen molar-refractivity contribution in [3.05, 3.63) is 107 Å². The maximum atomic E-state index is 13.8. The number of carbonyl (C=O) groups excluding carboxylic acids is 1. The fraction of sp³-hybridized carbons (Fsp3) is 0.182. The largest absolute Gasteiger partial charge is 0.497 e. The zero-order chi connectivity index (χ0) is 30.7. The number of amides is 1. The summed E-state index contributed by atoms with van der Waals surface area (Å²) in [5.41, 5.74) is 1.11. The highest BCUT2D eigenvalue weighted by atomic mass is 19.4. The predicted molar refractivity (Wildman–Crippen MR) is 157 cm³/mol. The van der Waals surface area contributed by atoms with E-state index < -0.39 is 23.6 Å². The molecule has 0 spiro atoms. The molecule has 1 atom stereocenters. The third kappa shape index (κ3) is 6.23. The van der Waals surface area contributed by atoms with Crippen LogP contribution in [-0.2, 0) is 6.18 Å². The standard InChI is InChI=1S/C33H28F3N3O4/c1-3-7-27(19-8-5-4-6-9-19)39-31(40)20-10-13-23(26(16-20)32(41)42)25-17-21(33(34,35)36)11-14-24(25)30-37-28-15-12-22(43-2)18-29(28)38-30/h4-6,8-18,27H,3,7H2,1-2H3,(H,37,38)(H,39,40)(H,41,42). The van der Waals surface area contributed by atoms with E-state index in [1.165, 1.54) is 31.4 Å². The van der Waals surface area contributed by atoms with Crippen molar-refractivity contribution in [3.63, 3.8) is 0 Å². The third-order valence-corrected chi connectivity index (χ3v) is 7.18. The van der Waals surface area contributed by atoms with Gasteiger partial charge in [0.2, 0.25) is 0 Å². The van der Waals surface area contributed by atoms with Gasteiger partial charge < -0.3 is 20.1 Å². The van der Waals surface area contributed by atoms with Crippen LogP contribution in [0.3, 0.4) is 0 Å². The molecule has 43 heavy (non-hydrogen) atoms. The number of hydrogen-bond acceptors (Lipinski definition) is 4. The minimum atomic E-state index is -4.68. The summed E-state index contributed by atoms with van der Waals surface area (Å²) in [6, 6.07) is 21.3. The number of hydrogen-bond donors (Lipinski definition) is 3. The molecule has 1 aromatic heterocycles. The number of rotatable bonds is 9. The molecule has 0 aliphatic rings. The average Bonchev–Trinajstić information content (AvgIpc) is 3.43. The van der Waals surface area contributed by atoms with Gasteiger partial charge >= 0.3 is 12.1 Å². The van der Waals surface area contributed by atoms with E-state index in [2.05, 4.69) is 15.3 Å². The number of nitrogens with one attached hydrogen (secondary N) is 2. The van der Waals surface area contributed by atoms with Gasteiger partial charge in [0.25, 0.3) is 5.91 Å². The lowest BCUT2D eigenvalue weighted by molar-refractivity contribution is -0.137. The topological polar surface area (TPSA) is 104 Å². The molecule has 0 fully saturated rings. The fourth-order valence-electron chi connectivity index (χ4n) is 5.03. The van der Waals surface area contributed by atoms with Crippen molar-refractivity contribution in [3.8, 4) is 28.3 Å². The zero-order valence-corrected chi connectivity index (χ0v) is 23.3. The van der Waals surface area contributed by atoms with Crippen LogP contribution in [0.2, 0.25) is 0 Å². The molecule has 1 unspecified atom stereocenters. The Morgan fingerprint density at radius 3 is 2.37 bits per heavy atom. The summed E-state index contributed by atoms with van der Waals surface area (Å²) in [4.78, 5) is 33.4. The van der Waals surface area contributed by atoms with Crippen molar-refractivity contribution in [1.29, 1.82) is 0 Å². The van der Waals surface area contributed by atoms with Crippen LogP contribution in [0.25, 0.3) is 33.5 Å². The van der Waals surface area contributed by atoms with E-state index in [1.54, 1.807) is 18.2 Å². The number of halogens is 3. The highest BCUT2D eigenvalue weighted by molar-refractivity contribution is 6.03. The Balaban J connectivity index is 1.60. The Labute approximate surface area is 245 Å². The van der Waals surface area contributed by atoms with Crippen LogP contribution in [0.4, 0.5) is 13.2 Å². The maximum Gasteiger partial charge on any atom is 0.416 e. The first kappa shape index (κ1) is 29.4. The van der Waals surface area contributed by atoms with Gasteiger partial charge in [0.05, 0.1) is 35.3 Å². The van der Waals surface area contributed by atoms with Gasteiger partial charge in [-0.2, -0.15) is 13.2 Å². The number of aromatic carboxylic acids is 1. The lowest BCUT2D eigenvalue weighted by atomic mass is 9.91. The first-order valence-corrected chi connectivity index (χ1v) is 13.6. The van der Waals surface area contributed by atoms with Crippen molar-refractivity contribution < 1.29 is 32.6 Å². The average molecular weight is 588 g/mol. The number of aromatic amines is 1. The van der Waals surface area contributed by atoms with E-state index in [0.717, 1.165) is 24.1 Å². The van der Waals surface area contributed by atoms with Crippen LogP contribution in [-0.4, -0.2) is 34.1 Å². The van der Waals surface area contributed by atoms with Crippen LogP contribution < -0.4 is 10.1 Å². The molecule has 220 valence electrons. The van der Waals surface area contributed by atoms with Gasteiger partial charge in [0.15, 0.2) is 0 Å². The minimum absolute atomic E-state index is 0.00153. The smallest absolute Gasteiger partial charge is 0.416 e. The Morgan fingerprint density at radius 1 is 0.953 bits per heavy atom. The van der Waals surface area contributed by atoms with Crippen molar-refractivity contribution in [2.45, 2.75) is 32.0 Å². The van der Waals surface area contributed by atoms with Gasteiger partial charge in [-0.25, -0.2) is 9.78 Å². The van der Waals surface area contributed by atoms with Gasteiger partial charge in [0.1, 0.15) is 11.6 Å². The minimum Gasteiger partial charge on any atom is -0.497 e. The molecule has 7 nitrogen and oxygen atoms in total. The molecule has 4 aromatic carbocycles. The molecule has 0 aliphatic heterocycles. The number of H-pyrrole nitrogens is 1. The monoisotopic (exact) mass is 587 g/mol. The summed E-state index contributed by atoms with van der Waals surface area (Å²) in [5.74, 6) is -1.08. The van der Waals surface area contributed by atoms with E-state index in [-0.39, 0.29) is 39.7 Å². The SMILES string of the molecule is CCCC(NC(=O)c1ccc(-c2cc(C(F)(F)F)ccc2-c2nc3ccc(OC)cc3[nH]2)c(C(=O)O)c1)c1ccccc1. The molecular weight excluding hydrogens is 559 g/mol. The number of carbonyl (C=O) groups is 2. The van der Waals surface area contributed by atoms with Gasteiger partial charge in [-0.1, -0.05) is 55.8 Å². The summed E-state index contributed by atoms with van der Waals surface area (Å²) >= 11 is 0. The second-order valence-electron chi connectivity index (χ2n) is 10.0. The molecule has 3 N–H and O–H groups in total. The summed E-state index contributed by atoms with van der Waals surface area (Å²) < 4.78 is 46.7. The van der Waals surface area contributed by atoms with Crippen LogP contribution in [0.1, 0.15) is 57.7 Å². The molecule has 5 aromatic rings. The lowest BCUT2D eigenvalue weighted by Crippen LogP contribution is -2.28. The molecule has 0 saturated carbocycles. The van der Waals surface area contributed by atoms with Crippen molar-refractivity contribution in [1.82, 2.24) is 15.3 Å². The summed E-state index contributed by atoms with van der Waals surface area (Å²) in [6.07, 6.45) is -3.22. The van der Waals surface area contributed by atoms with Crippen molar-refractivity contribution >= 4 is 22.9 Å². The number of fused-ring (bicyclic) bond motifs is 1. The highest BCUT2D eigenvalue weighted by Gasteiger charge is 2.32. The molecule has 0 bridgehead atoms. The number of ether oxygens (including phenoxy) is 1. The number of aromatic nitrogens is 2. The first-order chi connectivity index (χ1) is 20.6. The molecule has 0 aliphatic carbocycles. The Hall–Kier alpha value is -5.12. The fourth-order valence-corrected chi connectivity index (χ4v) is 5.03. The normalized spacial score (nSPS) is 12.2. The Bertz CT molecular complexity index is 1800. The number of carboxylic acid groups (broad SMARTS) is 1. The number of nitrogens with zero attached hydrogens (tertiary/aromatic N) is 1. The molecule has 0 radical (unpaired) electrons. The molecule has 10 heteroatoms. The number of carboxylic acids is 1. The van der Waals surface area contributed by atoms with E-state index in [1.807, 2.05) is 37.3 Å². The number of alkyl halides is 3. The van der Waals surface area contributed by atoms with Crippen LogP contribution in [0, 0.1) is 0 Å². The molecule has 1 heterocycles. The number of imidazole rings is 1. The van der Waals surface area contributed by atoms with Crippen LogP contribution in [0.5, 0.6) is 5.75 Å². The lowest BCUT2D eigenvalue weighted by Gasteiger charge is -2.19. The van der Waals surface area contributed by atoms with Gasteiger partial charge in [-0.15, -0.1) is 0 Å². The molecule has 0 saturated heterocycles. The maximum absolute atomic E-state index is 13.8. The number of benzene rings is 4. The second-order valence-corrected chi connectivity index (χ2v) is 10.0. The highest BCUT2D eigenvalue weighted by Crippen LogP contribution is 2.39. The van der Waals surface area contributed by atoms with Gasteiger partial charge in [-0.3, -0.25) is 4.79 Å². The summed E-state index contributed by atoms with van der Waals surface area (Å²) in [6.45, 7) is 1.99. The summed E-state index contributed by atoms with van der Waals surface area (Å²) in [5, 5.41) is 13.1. The molecular formula is C33H28F3N3O4. The Morgan fingerprint density at radius 2 is 1.70 bits per heavy atom. The van der Waals surface area contributed by atoms with E-state index in [0.29, 0.717) is 23.2 Å². The zero-order valence-electron chi connectivity index (χ0n) is 23.3. The molecule has 1 amide bonds. The Kier molecular flexibility index (Phi) is 8.20. The van der Waals surface area contributed by atoms with Crippen LogP contribution in [0.15, 0.2) is 84.9 Å². The van der Waals surface area contributed by atoms with Gasteiger partial charge in [-0.05, 0) is 59.5 Å². The van der Waals surface area contributed by atoms with E-state index >= 15 is 0 Å². The predicted octanol–water partition coefficient (Wildman–Crippen LogP) is 7.89.